The minimum Gasteiger partial charge on any atom is -0.476 e. The Hall–Kier alpha value is -1.03. The van der Waals surface area contributed by atoms with Gasteiger partial charge in [-0.25, -0.2) is 9.79 Å². The summed E-state index contributed by atoms with van der Waals surface area (Å²) in [5.41, 5.74) is -0.00231. The molecule has 1 aliphatic rings. The van der Waals surface area contributed by atoms with Crippen molar-refractivity contribution < 1.29 is 9.90 Å². The van der Waals surface area contributed by atoms with Gasteiger partial charge in [-0.1, -0.05) is 18.3 Å². The third kappa shape index (κ3) is 1.27. The standard InChI is InChI=1S/C6H5NO2S/c8-6(9)5-4(10)2-1-3-7-5/h1,3H,2H2,(H,8,9). The van der Waals surface area contributed by atoms with Crippen molar-refractivity contribution in [2.45, 2.75) is 6.42 Å². The van der Waals surface area contributed by atoms with Crippen molar-refractivity contribution >= 4 is 28.8 Å². The van der Waals surface area contributed by atoms with E-state index in [1.165, 1.54) is 6.20 Å². The van der Waals surface area contributed by atoms with E-state index in [0.717, 1.165) is 0 Å². The summed E-state index contributed by atoms with van der Waals surface area (Å²) >= 11 is 4.74. The Morgan fingerprint density at radius 1 is 1.80 bits per heavy atom. The fraction of sp³-hybridized carbons (Fsp3) is 0.167. The normalized spacial score (nSPS) is 16.8. The minimum atomic E-state index is -1.05. The quantitative estimate of drug-likeness (QED) is 0.570. The number of thiocarbonyl (C=S) groups is 1. The molecular formula is C6H5NO2S. The molecule has 0 bridgehead atoms. The molecule has 10 heavy (non-hydrogen) atoms. The molecule has 0 fully saturated rings. The first kappa shape index (κ1) is 7.08. The van der Waals surface area contributed by atoms with E-state index in [1.54, 1.807) is 6.08 Å². The van der Waals surface area contributed by atoms with Gasteiger partial charge < -0.3 is 5.11 Å². The molecule has 0 aliphatic carbocycles. The number of rotatable bonds is 1. The third-order valence-electron chi connectivity index (χ3n) is 1.08. The molecule has 1 rings (SSSR count). The second kappa shape index (κ2) is 2.70. The summed E-state index contributed by atoms with van der Waals surface area (Å²) in [4.78, 5) is 14.3. The van der Waals surface area contributed by atoms with Gasteiger partial charge in [0, 0.05) is 12.6 Å². The van der Waals surface area contributed by atoms with E-state index in [-0.39, 0.29) is 5.71 Å². The average molecular weight is 155 g/mol. The maximum atomic E-state index is 10.3. The second-order valence-electron chi connectivity index (χ2n) is 1.79. The first-order valence-electron chi connectivity index (χ1n) is 2.71. The van der Waals surface area contributed by atoms with Crippen molar-refractivity contribution in [3.63, 3.8) is 0 Å². The number of hydrogen-bond donors (Lipinski definition) is 1. The summed E-state index contributed by atoms with van der Waals surface area (Å²) in [6, 6.07) is 0. The molecule has 0 aromatic carbocycles. The van der Waals surface area contributed by atoms with Crippen LogP contribution in [0.25, 0.3) is 0 Å². The fourth-order valence-electron chi connectivity index (χ4n) is 0.630. The van der Waals surface area contributed by atoms with Gasteiger partial charge in [0.1, 0.15) is 0 Å². The second-order valence-corrected chi connectivity index (χ2v) is 2.29. The topological polar surface area (TPSA) is 49.7 Å². The Labute approximate surface area is 63.1 Å². The summed E-state index contributed by atoms with van der Waals surface area (Å²) in [7, 11) is 0. The Balaban J connectivity index is 2.91. The lowest BCUT2D eigenvalue weighted by Crippen LogP contribution is -2.22. The van der Waals surface area contributed by atoms with E-state index in [1.807, 2.05) is 0 Å². The van der Waals surface area contributed by atoms with Crippen LogP contribution in [-0.2, 0) is 4.79 Å². The molecule has 52 valence electrons. The summed E-state index contributed by atoms with van der Waals surface area (Å²) in [5.74, 6) is -1.05. The van der Waals surface area contributed by atoms with E-state index in [2.05, 4.69) is 4.99 Å². The SMILES string of the molecule is O=C(O)C1=NC=CCC1=S. The molecule has 0 amide bonds. The summed E-state index contributed by atoms with van der Waals surface area (Å²) in [6.07, 6.45) is 3.70. The first-order chi connectivity index (χ1) is 4.72. The fourth-order valence-corrected chi connectivity index (χ4v) is 0.866. The highest BCUT2D eigenvalue weighted by atomic mass is 32.1. The van der Waals surface area contributed by atoms with Crippen LogP contribution in [0.3, 0.4) is 0 Å². The van der Waals surface area contributed by atoms with E-state index in [4.69, 9.17) is 17.3 Å². The number of hydrogen-bond acceptors (Lipinski definition) is 3. The predicted molar refractivity (Wildman–Crippen MR) is 41.4 cm³/mol. The predicted octanol–water partition coefficient (Wildman–Crippen LogP) is 0.799. The molecule has 0 saturated carbocycles. The Morgan fingerprint density at radius 3 is 2.90 bits per heavy atom. The lowest BCUT2D eigenvalue weighted by molar-refractivity contribution is -0.129. The van der Waals surface area contributed by atoms with E-state index in [9.17, 15) is 4.79 Å². The molecule has 3 nitrogen and oxygen atoms in total. The molecule has 1 N–H and O–H groups in total. The van der Waals surface area contributed by atoms with Crippen LogP contribution in [0.5, 0.6) is 0 Å². The Kier molecular flexibility index (Phi) is 1.91. The van der Waals surface area contributed by atoms with Crippen molar-refractivity contribution in [3.05, 3.63) is 12.3 Å². The zero-order chi connectivity index (χ0) is 7.56. The van der Waals surface area contributed by atoms with Gasteiger partial charge in [0.15, 0.2) is 5.71 Å². The first-order valence-corrected chi connectivity index (χ1v) is 3.12. The van der Waals surface area contributed by atoms with Crippen molar-refractivity contribution in [1.82, 2.24) is 0 Å². The van der Waals surface area contributed by atoms with Gasteiger partial charge in [0.05, 0.1) is 4.86 Å². The molecular weight excluding hydrogens is 150 g/mol. The molecule has 4 heteroatoms. The molecule has 0 aromatic rings. The molecule has 0 aromatic heterocycles. The van der Waals surface area contributed by atoms with Crippen molar-refractivity contribution in [2.75, 3.05) is 0 Å². The van der Waals surface area contributed by atoms with Crippen LogP contribution in [0.15, 0.2) is 17.3 Å². The Bertz CT molecular complexity index is 242. The summed E-state index contributed by atoms with van der Waals surface area (Å²) in [5, 5.41) is 8.46. The largest absolute Gasteiger partial charge is 0.476 e. The van der Waals surface area contributed by atoms with Crippen LogP contribution in [0, 0.1) is 0 Å². The summed E-state index contributed by atoms with van der Waals surface area (Å²) in [6.45, 7) is 0. The van der Waals surface area contributed by atoms with E-state index >= 15 is 0 Å². The van der Waals surface area contributed by atoms with Gasteiger partial charge in [0.2, 0.25) is 0 Å². The van der Waals surface area contributed by atoms with Crippen LogP contribution >= 0.6 is 12.2 Å². The van der Waals surface area contributed by atoms with Gasteiger partial charge in [-0.3, -0.25) is 0 Å². The highest BCUT2D eigenvalue weighted by Crippen LogP contribution is 2.00. The lowest BCUT2D eigenvalue weighted by Gasteiger charge is -2.02. The monoisotopic (exact) mass is 155 g/mol. The van der Waals surface area contributed by atoms with Gasteiger partial charge >= 0.3 is 5.97 Å². The third-order valence-corrected chi connectivity index (χ3v) is 1.44. The molecule has 1 aliphatic heterocycles. The molecule has 0 saturated heterocycles. The maximum Gasteiger partial charge on any atom is 0.355 e. The zero-order valence-corrected chi connectivity index (χ0v) is 5.89. The highest BCUT2D eigenvalue weighted by Gasteiger charge is 2.15. The molecule has 0 radical (unpaired) electrons. The minimum absolute atomic E-state index is 0.00231. The van der Waals surface area contributed by atoms with Crippen molar-refractivity contribution in [1.29, 1.82) is 0 Å². The van der Waals surface area contributed by atoms with Crippen molar-refractivity contribution in [3.8, 4) is 0 Å². The number of carboxylic acids is 1. The van der Waals surface area contributed by atoms with Crippen LogP contribution < -0.4 is 0 Å². The van der Waals surface area contributed by atoms with Crippen LogP contribution in [0.1, 0.15) is 6.42 Å². The van der Waals surface area contributed by atoms with E-state index < -0.39 is 5.97 Å². The van der Waals surface area contributed by atoms with Gasteiger partial charge in [-0.2, -0.15) is 0 Å². The molecule has 1 heterocycles. The molecule has 0 unspecified atom stereocenters. The molecule has 0 atom stereocenters. The summed E-state index contributed by atoms with van der Waals surface area (Å²) < 4.78 is 0. The van der Waals surface area contributed by atoms with Crippen LogP contribution in [0.2, 0.25) is 0 Å². The van der Waals surface area contributed by atoms with Gasteiger partial charge in [-0.15, -0.1) is 0 Å². The number of carboxylic acid groups (broad SMARTS) is 1. The number of nitrogens with zero attached hydrogens (tertiary/aromatic N) is 1. The smallest absolute Gasteiger partial charge is 0.355 e. The Morgan fingerprint density at radius 2 is 2.50 bits per heavy atom. The zero-order valence-electron chi connectivity index (χ0n) is 5.07. The average Bonchev–Trinajstić information content (AvgIpc) is 1.88. The van der Waals surface area contributed by atoms with E-state index in [0.29, 0.717) is 11.3 Å². The highest BCUT2D eigenvalue weighted by molar-refractivity contribution is 7.82. The number of aliphatic imine (C=N–C) groups is 1. The van der Waals surface area contributed by atoms with Crippen LogP contribution in [0.4, 0.5) is 0 Å². The van der Waals surface area contributed by atoms with Crippen LogP contribution in [-0.4, -0.2) is 21.7 Å². The molecule has 0 spiro atoms. The number of aliphatic carboxylic acids is 1. The maximum absolute atomic E-state index is 10.3. The lowest BCUT2D eigenvalue weighted by atomic mass is 10.2. The van der Waals surface area contributed by atoms with Gasteiger partial charge in [0.25, 0.3) is 0 Å². The van der Waals surface area contributed by atoms with Gasteiger partial charge in [-0.05, 0) is 0 Å². The van der Waals surface area contributed by atoms with Crippen molar-refractivity contribution in [2.24, 2.45) is 4.99 Å². The number of carbonyl (C=O) groups is 1. The number of allylic oxidation sites excluding steroid dienone is 1.